The van der Waals surface area contributed by atoms with Crippen molar-refractivity contribution in [1.82, 2.24) is 19.2 Å². The molecule has 2 heterocycles. The monoisotopic (exact) mass is 480 g/mol. The summed E-state index contributed by atoms with van der Waals surface area (Å²) < 4.78 is 3.54. The topological polar surface area (TPSA) is 69.3 Å². The Kier molecular flexibility index (Phi) is 5.29. The summed E-state index contributed by atoms with van der Waals surface area (Å²) in [5.41, 5.74) is 6.75. The lowest BCUT2D eigenvalue weighted by Gasteiger charge is -2.15. The number of thioether (sulfide) groups is 1. The minimum atomic E-state index is -0.135. The number of rotatable bonds is 5. The van der Waals surface area contributed by atoms with Gasteiger partial charge >= 0.3 is 0 Å². The highest BCUT2D eigenvalue weighted by Crippen LogP contribution is 2.27. The van der Waals surface area contributed by atoms with Crippen molar-refractivity contribution in [1.29, 1.82) is 0 Å². The SMILES string of the molecule is Cc1cccc(C)c1-n1c(=O)c2ccccc2n2c(SCC(=O)c3ccc4c(c3)CCC4)nnc12. The summed E-state index contributed by atoms with van der Waals surface area (Å²) in [4.78, 5) is 26.7. The maximum absolute atomic E-state index is 13.6. The van der Waals surface area contributed by atoms with E-state index < -0.39 is 0 Å². The van der Waals surface area contributed by atoms with E-state index in [1.807, 2.05) is 72.8 Å². The molecule has 0 aliphatic heterocycles. The van der Waals surface area contributed by atoms with E-state index in [1.54, 1.807) is 4.57 Å². The third-order valence-corrected chi connectivity index (χ3v) is 7.74. The van der Waals surface area contributed by atoms with Gasteiger partial charge in [-0.3, -0.25) is 14.0 Å². The molecule has 0 atom stereocenters. The van der Waals surface area contributed by atoms with Crippen molar-refractivity contribution in [3.63, 3.8) is 0 Å². The molecule has 0 saturated carbocycles. The van der Waals surface area contributed by atoms with Gasteiger partial charge in [0.1, 0.15) is 0 Å². The van der Waals surface area contributed by atoms with Crippen LogP contribution in [-0.4, -0.2) is 30.7 Å². The van der Waals surface area contributed by atoms with Crippen molar-refractivity contribution in [2.75, 3.05) is 5.75 Å². The number of carbonyl (C=O) groups is 1. The Morgan fingerprint density at radius 3 is 2.54 bits per heavy atom. The highest BCUT2D eigenvalue weighted by atomic mass is 32.2. The predicted molar refractivity (Wildman–Crippen MR) is 139 cm³/mol. The number of para-hydroxylation sites is 2. The van der Waals surface area contributed by atoms with Crippen LogP contribution in [0.5, 0.6) is 0 Å². The molecule has 35 heavy (non-hydrogen) atoms. The lowest BCUT2D eigenvalue weighted by atomic mass is 10.0. The maximum atomic E-state index is 13.6. The standard InChI is InChI=1S/C28H24N4O2S/c1-17-7-5-8-18(2)25(17)32-26(34)22-11-3-4-12-23(22)31-27(32)29-30-28(31)35-16-24(33)21-14-13-19-9-6-10-20(19)15-21/h3-5,7-8,11-15H,6,9-10,16H2,1-2H3. The number of aryl methyl sites for hydroxylation is 4. The van der Waals surface area contributed by atoms with Crippen molar-refractivity contribution in [2.24, 2.45) is 0 Å². The third-order valence-electron chi connectivity index (χ3n) is 6.81. The first-order chi connectivity index (χ1) is 17.0. The number of carbonyl (C=O) groups excluding carboxylic acids is 1. The zero-order chi connectivity index (χ0) is 24.1. The van der Waals surface area contributed by atoms with Gasteiger partial charge in [0.2, 0.25) is 5.78 Å². The minimum absolute atomic E-state index is 0.0637. The average Bonchev–Trinajstić information content (AvgIpc) is 3.51. The number of Topliss-reactive ketones (excluding diaryl/α,β-unsaturated/α-hetero) is 1. The summed E-state index contributed by atoms with van der Waals surface area (Å²) in [5.74, 6) is 0.753. The lowest BCUT2D eigenvalue weighted by molar-refractivity contribution is 0.102. The van der Waals surface area contributed by atoms with Gasteiger partial charge in [0.15, 0.2) is 10.9 Å². The van der Waals surface area contributed by atoms with Gasteiger partial charge in [-0.1, -0.05) is 54.2 Å². The molecule has 1 aliphatic rings. The van der Waals surface area contributed by atoms with Crippen LogP contribution in [0.3, 0.4) is 0 Å². The zero-order valence-corrected chi connectivity index (χ0v) is 20.4. The molecular weight excluding hydrogens is 456 g/mol. The number of nitrogens with zero attached hydrogens (tertiary/aromatic N) is 4. The van der Waals surface area contributed by atoms with Crippen molar-refractivity contribution in [3.8, 4) is 5.69 Å². The van der Waals surface area contributed by atoms with Gasteiger partial charge in [0, 0.05) is 5.56 Å². The van der Waals surface area contributed by atoms with E-state index in [-0.39, 0.29) is 17.1 Å². The summed E-state index contributed by atoms with van der Waals surface area (Å²) in [6, 6.07) is 19.5. The molecule has 6 rings (SSSR count). The molecule has 5 aromatic rings. The number of ketones is 1. The Morgan fingerprint density at radius 2 is 1.71 bits per heavy atom. The highest BCUT2D eigenvalue weighted by molar-refractivity contribution is 7.99. The van der Waals surface area contributed by atoms with E-state index in [2.05, 4.69) is 16.3 Å². The van der Waals surface area contributed by atoms with Crippen LogP contribution in [0.25, 0.3) is 22.4 Å². The molecule has 0 bridgehead atoms. The first kappa shape index (κ1) is 21.8. The molecule has 7 heteroatoms. The molecule has 3 aromatic carbocycles. The Morgan fingerprint density at radius 1 is 0.943 bits per heavy atom. The van der Waals surface area contributed by atoms with E-state index in [0.29, 0.717) is 16.3 Å². The Hall–Kier alpha value is -3.71. The van der Waals surface area contributed by atoms with Crippen LogP contribution >= 0.6 is 11.8 Å². The zero-order valence-electron chi connectivity index (χ0n) is 19.6. The van der Waals surface area contributed by atoms with Crippen LogP contribution in [0.1, 0.15) is 39.0 Å². The molecule has 6 nitrogen and oxygen atoms in total. The summed E-state index contributed by atoms with van der Waals surface area (Å²) >= 11 is 1.35. The van der Waals surface area contributed by atoms with Crippen molar-refractivity contribution in [2.45, 2.75) is 38.3 Å². The molecule has 174 valence electrons. The van der Waals surface area contributed by atoms with Crippen LogP contribution in [0.4, 0.5) is 0 Å². The first-order valence-corrected chi connectivity index (χ1v) is 12.7. The second-order valence-electron chi connectivity index (χ2n) is 9.07. The fourth-order valence-corrected chi connectivity index (χ4v) is 5.93. The van der Waals surface area contributed by atoms with Crippen LogP contribution in [0.2, 0.25) is 0 Å². The van der Waals surface area contributed by atoms with Gasteiger partial charge in [-0.25, -0.2) is 4.57 Å². The van der Waals surface area contributed by atoms with Crippen LogP contribution in [-0.2, 0) is 12.8 Å². The van der Waals surface area contributed by atoms with Gasteiger partial charge in [0.05, 0.1) is 22.3 Å². The molecule has 0 unspecified atom stereocenters. The summed E-state index contributed by atoms with van der Waals surface area (Å²) in [5, 5.41) is 10.0. The molecule has 0 amide bonds. The Bertz CT molecular complexity index is 1680. The number of hydrogen-bond acceptors (Lipinski definition) is 5. The average molecular weight is 481 g/mol. The largest absolute Gasteiger partial charge is 0.293 e. The molecule has 1 aliphatic carbocycles. The molecular formula is C28H24N4O2S. The van der Waals surface area contributed by atoms with E-state index in [9.17, 15) is 9.59 Å². The Labute approximate surface area is 206 Å². The second kappa shape index (κ2) is 8.50. The van der Waals surface area contributed by atoms with Crippen molar-refractivity contribution < 1.29 is 4.79 Å². The highest BCUT2D eigenvalue weighted by Gasteiger charge is 2.21. The molecule has 0 fully saturated rings. The predicted octanol–water partition coefficient (Wildman–Crippen LogP) is 5.11. The van der Waals surface area contributed by atoms with Crippen LogP contribution in [0, 0.1) is 13.8 Å². The molecule has 0 spiro atoms. The smallest absolute Gasteiger partial charge is 0.267 e. The number of benzene rings is 3. The van der Waals surface area contributed by atoms with Crippen LogP contribution < -0.4 is 5.56 Å². The van der Waals surface area contributed by atoms with Gasteiger partial charge in [0.25, 0.3) is 5.56 Å². The summed E-state index contributed by atoms with van der Waals surface area (Å²) in [6.07, 6.45) is 3.29. The fourth-order valence-electron chi connectivity index (χ4n) is 5.09. The van der Waals surface area contributed by atoms with E-state index in [0.717, 1.165) is 47.2 Å². The maximum Gasteiger partial charge on any atom is 0.267 e. The first-order valence-electron chi connectivity index (χ1n) is 11.8. The fraction of sp³-hybridized carbons (Fsp3) is 0.214. The molecule has 0 N–H and O–H groups in total. The Balaban J connectivity index is 1.46. The van der Waals surface area contributed by atoms with E-state index in [4.69, 9.17) is 0 Å². The normalized spacial score (nSPS) is 13.0. The quantitative estimate of drug-likeness (QED) is 0.258. The number of aromatic nitrogens is 4. The van der Waals surface area contributed by atoms with Gasteiger partial charge < -0.3 is 0 Å². The minimum Gasteiger partial charge on any atom is -0.293 e. The van der Waals surface area contributed by atoms with Crippen LogP contribution in [0.15, 0.2) is 70.6 Å². The van der Waals surface area contributed by atoms with E-state index >= 15 is 0 Å². The lowest BCUT2D eigenvalue weighted by Crippen LogP contribution is -2.23. The third kappa shape index (κ3) is 3.58. The summed E-state index contributed by atoms with van der Waals surface area (Å²) in [7, 11) is 0. The number of fused-ring (bicyclic) bond motifs is 4. The summed E-state index contributed by atoms with van der Waals surface area (Å²) in [6.45, 7) is 3.98. The van der Waals surface area contributed by atoms with Crippen molar-refractivity contribution >= 4 is 34.2 Å². The van der Waals surface area contributed by atoms with Crippen molar-refractivity contribution in [3.05, 3.63) is 98.8 Å². The van der Waals surface area contributed by atoms with Gasteiger partial charge in [-0.2, -0.15) is 0 Å². The second-order valence-corrected chi connectivity index (χ2v) is 10.0. The number of hydrogen-bond donors (Lipinski definition) is 0. The van der Waals surface area contributed by atoms with Gasteiger partial charge in [-0.05, 0) is 73.6 Å². The molecule has 0 saturated heterocycles. The molecule has 0 radical (unpaired) electrons. The molecule has 2 aromatic heterocycles. The van der Waals surface area contributed by atoms with Gasteiger partial charge in [-0.15, -0.1) is 10.2 Å². The van der Waals surface area contributed by atoms with E-state index in [1.165, 1.54) is 22.9 Å².